The van der Waals surface area contributed by atoms with Crippen LogP contribution in [0.2, 0.25) is 0 Å². The SMILES string of the molecule is CC(F)(F)CCCOC(=O)C12CCC(C)(C(=O)O1)C2(C)C. The van der Waals surface area contributed by atoms with Crippen molar-refractivity contribution in [3.8, 4) is 0 Å². The number of rotatable bonds is 5. The van der Waals surface area contributed by atoms with Crippen LogP contribution in [0.15, 0.2) is 0 Å². The summed E-state index contributed by atoms with van der Waals surface area (Å²) in [5.74, 6) is -3.76. The van der Waals surface area contributed by atoms with E-state index in [-0.39, 0.29) is 25.4 Å². The van der Waals surface area contributed by atoms with Gasteiger partial charge in [-0.25, -0.2) is 13.6 Å². The first-order valence-corrected chi connectivity index (χ1v) is 7.25. The lowest BCUT2D eigenvalue weighted by atomic mass is 9.66. The van der Waals surface area contributed by atoms with Crippen LogP contribution in [0.3, 0.4) is 0 Å². The van der Waals surface area contributed by atoms with Gasteiger partial charge in [-0.2, -0.15) is 0 Å². The molecule has 6 heteroatoms. The highest BCUT2D eigenvalue weighted by atomic mass is 19.3. The fourth-order valence-electron chi connectivity index (χ4n) is 3.37. The van der Waals surface area contributed by atoms with Gasteiger partial charge in [-0.15, -0.1) is 0 Å². The van der Waals surface area contributed by atoms with E-state index < -0.39 is 28.3 Å². The number of carbonyl (C=O) groups excluding carboxylic acids is 2. The van der Waals surface area contributed by atoms with E-state index in [9.17, 15) is 18.4 Å². The molecule has 2 atom stereocenters. The Labute approximate surface area is 123 Å². The van der Waals surface area contributed by atoms with E-state index in [0.29, 0.717) is 12.8 Å². The molecule has 4 nitrogen and oxygen atoms in total. The van der Waals surface area contributed by atoms with Crippen LogP contribution in [0, 0.1) is 10.8 Å². The Hall–Kier alpha value is -1.20. The molecule has 21 heavy (non-hydrogen) atoms. The second-order valence-electron chi connectivity index (χ2n) is 6.98. The molecule has 1 aliphatic heterocycles. The lowest BCUT2D eigenvalue weighted by Crippen LogP contribution is -2.48. The van der Waals surface area contributed by atoms with Gasteiger partial charge in [0, 0.05) is 11.8 Å². The maximum Gasteiger partial charge on any atom is 0.351 e. The number of esters is 2. The Morgan fingerprint density at radius 1 is 1.33 bits per heavy atom. The summed E-state index contributed by atoms with van der Waals surface area (Å²) in [4.78, 5) is 24.4. The van der Waals surface area contributed by atoms with Crippen LogP contribution in [-0.4, -0.2) is 30.1 Å². The molecule has 1 saturated heterocycles. The van der Waals surface area contributed by atoms with Crippen LogP contribution in [0.5, 0.6) is 0 Å². The first-order chi connectivity index (χ1) is 9.46. The first-order valence-electron chi connectivity index (χ1n) is 7.25. The zero-order valence-electron chi connectivity index (χ0n) is 12.9. The van der Waals surface area contributed by atoms with Gasteiger partial charge in [-0.3, -0.25) is 4.79 Å². The molecule has 2 aliphatic rings. The number of ether oxygens (including phenoxy) is 2. The molecular weight excluding hydrogens is 282 g/mol. The van der Waals surface area contributed by atoms with Crippen molar-refractivity contribution in [1.29, 1.82) is 0 Å². The Kier molecular flexibility index (Phi) is 3.58. The summed E-state index contributed by atoms with van der Waals surface area (Å²) in [5, 5.41) is 0. The standard InChI is InChI=1S/C15H22F2O4/c1-12(2)13(3)7-8-15(12,21-10(13)18)11(19)20-9-5-6-14(4,16)17/h5-9H2,1-4H3. The van der Waals surface area contributed by atoms with Crippen LogP contribution in [0.1, 0.15) is 53.4 Å². The second-order valence-corrected chi connectivity index (χ2v) is 6.98. The van der Waals surface area contributed by atoms with Crippen molar-refractivity contribution in [2.24, 2.45) is 10.8 Å². The molecule has 2 fully saturated rings. The summed E-state index contributed by atoms with van der Waals surface area (Å²) < 4.78 is 35.9. The van der Waals surface area contributed by atoms with Crippen LogP contribution in [0.4, 0.5) is 8.78 Å². The summed E-state index contributed by atoms with van der Waals surface area (Å²) in [5.41, 5.74) is -2.63. The molecule has 0 N–H and O–H groups in total. The summed E-state index contributed by atoms with van der Waals surface area (Å²) in [6.45, 7) is 6.19. The van der Waals surface area contributed by atoms with Crippen molar-refractivity contribution < 1.29 is 27.8 Å². The minimum Gasteiger partial charge on any atom is -0.463 e. The van der Waals surface area contributed by atoms with Crippen molar-refractivity contribution in [3.63, 3.8) is 0 Å². The number of hydrogen-bond acceptors (Lipinski definition) is 4. The van der Waals surface area contributed by atoms with E-state index in [1.807, 2.05) is 13.8 Å². The molecule has 1 aliphatic carbocycles. The van der Waals surface area contributed by atoms with Gasteiger partial charge >= 0.3 is 11.9 Å². The third-order valence-electron chi connectivity index (χ3n) is 5.41. The Morgan fingerprint density at radius 3 is 2.38 bits per heavy atom. The topological polar surface area (TPSA) is 52.6 Å². The zero-order chi connectivity index (χ0) is 16.1. The molecule has 0 aromatic carbocycles. The van der Waals surface area contributed by atoms with Gasteiger partial charge in [0.25, 0.3) is 0 Å². The van der Waals surface area contributed by atoms with Gasteiger partial charge in [0.2, 0.25) is 11.5 Å². The average Bonchev–Trinajstić information content (AvgIpc) is 2.63. The largest absolute Gasteiger partial charge is 0.463 e. The van der Waals surface area contributed by atoms with Crippen LogP contribution < -0.4 is 0 Å². The molecule has 0 radical (unpaired) electrons. The van der Waals surface area contributed by atoms with Gasteiger partial charge in [-0.05, 0) is 33.1 Å². The highest BCUT2D eigenvalue weighted by Gasteiger charge is 2.76. The van der Waals surface area contributed by atoms with Crippen molar-refractivity contribution in [2.75, 3.05) is 6.61 Å². The van der Waals surface area contributed by atoms with Crippen LogP contribution in [0.25, 0.3) is 0 Å². The summed E-state index contributed by atoms with van der Waals surface area (Å²) >= 11 is 0. The predicted octanol–water partition coefficient (Wildman–Crippen LogP) is 3.09. The quantitative estimate of drug-likeness (QED) is 0.578. The van der Waals surface area contributed by atoms with E-state index in [0.717, 1.165) is 6.92 Å². The molecule has 0 aromatic heterocycles. The second kappa shape index (κ2) is 4.65. The van der Waals surface area contributed by atoms with Gasteiger partial charge in [-0.1, -0.05) is 13.8 Å². The van der Waals surface area contributed by atoms with Crippen LogP contribution in [-0.2, 0) is 19.1 Å². The third kappa shape index (κ3) is 2.23. The van der Waals surface area contributed by atoms with Gasteiger partial charge in [0.15, 0.2) is 0 Å². The lowest BCUT2D eigenvalue weighted by molar-refractivity contribution is -0.183. The minimum absolute atomic E-state index is 0.0803. The Bertz CT molecular complexity index is 469. The first kappa shape index (κ1) is 16.2. The highest BCUT2D eigenvalue weighted by Crippen LogP contribution is 2.65. The van der Waals surface area contributed by atoms with Crippen molar-refractivity contribution in [3.05, 3.63) is 0 Å². The molecule has 1 saturated carbocycles. The molecular formula is C15H22F2O4. The number of fused-ring (bicyclic) bond motifs is 2. The van der Waals surface area contributed by atoms with Gasteiger partial charge < -0.3 is 9.47 Å². The normalized spacial score (nSPS) is 33.9. The molecule has 0 amide bonds. The monoisotopic (exact) mass is 304 g/mol. The number of carbonyl (C=O) groups is 2. The molecule has 0 aromatic rings. The van der Waals surface area contributed by atoms with E-state index in [2.05, 4.69) is 0 Å². The lowest BCUT2D eigenvalue weighted by Gasteiger charge is -2.34. The van der Waals surface area contributed by atoms with Crippen molar-refractivity contribution in [2.45, 2.75) is 64.9 Å². The number of halogens is 2. The van der Waals surface area contributed by atoms with Crippen LogP contribution >= 0.6 is 0 Å². The fourth-order valence-corrected chi connectivity index (χ4v) is 3.37. The molecule has 0 spiro atoms. The maximum absolute atomic E-state index is 12.7. The Balaban J connectivity index is 2.02. The molecule has 1 heterocycles. The van der Waals surface area contributed by atoms with E-state index in [4.69, 9.17) is 9.47 Å². The summed E-state index contributed by atoms with van der Waals surface area (Å²) in [7, 11) is 0. The summed E-state index contributed by atoms with van der Waals surface area (Å²) in [6.07, 6.45) is 0.733. The number of alkyl halides is 2. The molecule has 2 bridgehead atoms. The zero-order valence-corrected chi connectivity index (χ0v) is 12.9. The third-order valence-corrected chi connectivity index (χ3v) is 5.41. The number of hydrogen-bond donors (Lipinski definition) is 0. The average molecular weight is 304 g/mol. The van der Waals surface area contributed by atoms with E-state index in [1.165, 1.54) is 0 Å². The Morgan fingerprint density at radius 2 is 1.95 bits per heavy atom. The van der Waals surface area contributed by atoms with Gasteiger partial charge in [0.05, 0.1) is 12.0 Å². The van der Waals surface area contributed by atoms with Crippen molar-refractivity contribution >= 4 is 11.9 Å². The smallest absolute Gasteiger partial charge is 0.351 e. The van der Waals surface area contributed by atoms with Gasteiger partial charge in [0.1, 0.15) is 0 Å². The van der Waals surface area contributed by atoms with E-state index >= 15 is 0 Å². The molecule has 2 rings (SSSR count). The van der Waals surface area contributed by atoms with Crippen molar-refractivity contribution in [1.82, 2.24) is 0 Å². The fraction of sp³-hybridized carbons (Fsp3) is 0.867. The molecule has 120 valence electrons. The molecule has 2 unspecified atom stereocenters. The maximum atomic E-state index is 12.7. The predicted molar refractivity (Wildman–Crippen MR) is 70.8 cm³/mol. The minimum atomic E-state index is -2.77. The van der Waals surface area contributed by atoms with E-state index in [1.54, 1.807) is 6.92 Å². The highest BCUT2D eigenvalue weighted by molar-refractivity contribution is 5.93. The summed E-state index contributed by atoms with van der Waals surface area (Å²) in [6, 6.07) is 0.